The second-order valence-electron chi connectivity index (χ2n) is 7.01. The molecule has 3 aromatic carbocycles. The predicted molar refractivity (Wildman–Crippen MR) is 124 cm³/mol. The second kappa shape index (κ2) is 10.5. The Bertz CT molecular complexity index is 1160. The largest absolute Gasteiger partial charge is 0.502 e. The number of carbonyl (C=O) groups excluding carboxylic acids is 1. The lowest BCUT2D eigenvalue weighted by atomic mass is 10.1. The maximum atomic E-state index is 11.3. The van der Waals surface area contributed by atoms with Gasteiger partial charge >= 0.3 is 5.69 Å². The van der Waals surface area contributed by atoms with Crippen molar-refractivity contribution in [3.8, 4) is 11.5 Å². The number of allylic oxidation sites excluding steroid dienone is 1. The summed E-state index contributed by atoms with van der Waals surface area (Å²) in [5, 5.41) is 24.4. The molecule has 3 aromatic rings. The summed E-state index contributed by atoms with van der Waals surface area (Å²) in [7, 11) is 0. The van der Waals surface area contributed by atoms with Crippen molar-refractivity contribution >= 4 is 35.0 Å². The second-order valence-corrected chi connectivity index (χ2v) is 7.42. The normalized spacial score (nSPS) is 10.8. The van der Waals surface area contributed by atoms with E-state index in [4.69, 9.17) is 16.3 Å². The Morgan fingerprint density at radius 2 is 1.94 bits per heavy atom. The Hall–Kier alpha value is -3.84. The minimum Gasteiger partial charge on any atom is -0.502 e. The lowest BCUT2D eigenvalue weighted by Gasteiger charge is -2.09. The number of hydrogen-bond donors (Lipinski definition) is 2. The lowest BCUT2D eigenvalue weighted by molar-refractivity contribution is -0.385. The van der Waals surface area contributed by atoms with Crippen LogP contribution in [-0.2, 0) is 17.8 Å². The van der Waals surface area contributed by atoms with Crippen LogP contribution in [-0.4, -0.2) is 15.9 Å². The molecule has 1 amide bonds. The number of nitrogens with zero attached hydrogens (tertiary/aromatic N) is 1. The van der Waals surface area contributed by atoms with Crippen LogP contribution in [0.2, 0.25) is 5.02 Å². The molecule has 7 nitrogen and oxygen atoms in total. The zero-order chi connectivity index (χ0) is 23.1. The van der Waals surface area contributed by atoms with Crippen LogP contribution in [0.4, 0.5) is 11.4 Å². The van der Waals surface area contributed by atoms with Crippen molar-refractivity contribution in [2.24, 2.45) is 0 Å². The number of ether oxygens (including phenoxy) is 1. The standard InChI is InChI=1S/C24H21ClN2O5/c1-16(28)26-20-13-19(24(29)22(14-20)27(30)31)9-5-8-17-10-11-23(21(25)12-17)32-15-18-6-3-2-4-7-18/h2-8,10-14,29H,9,15H2,1H3,(H,26,28). The zero-order valence-corrected chi connectivity index (χ0v) is 18.0. The molecule has 8 heteroatoms. The van der Waals surface area contributed by atoms with Crippen LogP contribution in [0.3, 0.4) is 0 Å². The molecule has 0 aliphatic carbocycles. The van der Waals surface area contributed by atoms with Gasteiger partial charge in [-0.05, 0) is 35.7 Å². The summed E-state index contributed by atoms with van der Waals surface area (Å²) in [6, 6.07) is 17.7. The molecule has 3 rings (SSSR count). The van der Waals surface area contributed by atoms with Crippen LogP contribution < -0.4 is 10.1 Å². The zero-order valence-electron chi connectivity index (χ0n) is 17.2. The molecule has 0 bridgehead atoms. The number of halogens is 1. The topological polar surface area (TPSA) is 102 Å². The van der Waals surface area contributed by atoms with Gasteiger partial charge in [-0.1, -0.05) is 60.2 Å². The Labute approximate surface area is 190 Å². The van der Waals surface area contributed by atoms with Gasteiger partial charge in [-0.2, -0.15) is 0 Å². The van der Waals surface area contributed by atoms with Crippen molar-refractivity contribution < 1.29 is 19.6 Å². The van der Waals surface area contributed by atoms with E-state index in [0.29, 0.717) is 22.9 Å². The third-order valence-corrected chi connectivity index (χ3v) is 4.82. The fraction of sp³-hybridized carbons (Fsp3) is 0.125. The fourth-order valence-electron chi connectivity index (χ4n) is 3.04. The number of amides is 1. The molecule has 0 radical (unpaired) electrons. The SMILES string of the molecule is CC(=O)Nc1cc(CC=Cc2ccc(OCc3ccccc3)c(Cl)c2)c(O)c([N+](=O)[O-])c1. The summed E-state index contributed by atoms with van der Waals surface area (Å²) in [4.78, 5) is 21.8. The van der Waals surface area contributed by atoms with Gasteiger partial charge in [-0.25, -0.2) is 0 Å². The van der Waals surface area contributed by atoms with Crippen LogP contribution in [0, 0.1) is 10.1 Å². The van der Waals surface area contributed by atoms with Gasteiger partial charge < -0.3 is 15.2 Å². The molecule has 0 aromatic heterocycles. The van der Waals surface area contributed by atoms with Gasteiger partial charge in [-0.3, -0.25) is 14.9 Å². The Balaban J connectivity index is 1.71. The number of phenols is 1. The van der Waals surface area contributed by atoms with E-state index in [1.807, 2.05) is 36.4 Å². The van der Waals surface area contributed by atoms with Gasteiger partial charge in [0.1, 0.15) is 12.4 Å². The van der Waals surface area contributed by atoms with Gasteiger partial charge in [0.05, 0.1) is 9.95 Å². The average molecular weight is 453 g/mol. The molecular weight excluding hydrogens is 432 g/mol. The van der Waals surface area contributed by atoms with Crippen LogP contribution in [0.15, 0.2) is 66.7 Å². The van der Waals surface area contributed by atoms with Crippen LogP contribution >= 0.6 is 11.6 Å². The minimum absolute atomic E-state index is 0.212. The number of benzene rings is 3. The maximum absolute atomic E-state index is 11.3. The molecule has 0 fully saturated rings. The number of nitro benzene ring substituents is 1. The third-order valence-electron chi connectivity index (χ3n) is 4.53. The molecule has 0 atom stereocenters. The number of nitro groups is 1. The highest BCUT2D eigenvalue weighted by molar-refractivity contribution is 6.32. The number of nitrogens with one attached hydrogen (secondary N) is 1. The number of anilines is 1. The highest BCUT2D eigenvalue weighted by atomic mass is 35.5. The minimum atomic E-state index is -0.693. The maximum Gasteiger partial charge on any atom is 0.313 e. The number of carbonyl (C=O) groups is 1. The van der Waals surface area contributed by atoms with E-state index in [0.717, 1.165) is 17.2 Å². The van der Waals surface area contributed by atoms with Gasteiger partial charge in [0.15, 0.2) is 5.75 Å². The molecule has 2 N–H and O–H groups in total. The highest BCUT2D eigenvalue weighted by Crippen LogP contribution is 2.34. The Kier molecular flexibility index (Phi) is 7.46. The van der Waals surface area contributed by atoms with E-state index < -0.39 is 16.4 Å². The third kappa shape index (κ3) is 6.09. The predicted octanol–water partition coefficient (Wildman–Crippen LogP) is 5.75. The first kappa shape index (κ1) is 22.8. The van der Waals surface area contributed by atoms with Gasteiger partial charge in [0.2, 0.25) is 5.91 Å². The summed E-state index contributed by atoms with van der Waals surface area (Å²) in [6.07, 6.45) is 3.74. The summed E-state index contributed by atoms with van der Waals surface area (Å²) < 4.78 is 5.76. The first-order chi connectivity index (χ1) is 15.3. The Morgan fingerprint density at radius 3 is 2.59 bits per heavy atom. The molecule has 0 aliphatic heterocycles. The summed E-state index contributed by atoms with van der Waals surface area (Å²) >= 11 is 6.33. The molecule has 0 spiro atoms. The van der Waals surface area contributed by atoms with Crippen molar-refractivity contribution in [1.29, 1.82) is 0 Å². The summed E-state index contributed by atoms with van der Waals surface area (Å²) in [6.45, 7) is 1.70. The summed E-state index contributed by atoms with van der Waals surface area (Å²) in [5.41, 5.74) is 1.92. The lowest BCUT2D eigenvalue weighted by Crippen LogP contribution is -2.07. The van der Waals surface area contributed by atoms with E-state index in [-0.39, 0.29) is 18.0 Å². The molecule has 0 aliphatic rings. The highest BCUT2D eigenvalue weighted by Gasteiger charge is 2.19. The number of rotatable bonds is 8. The van der Waals surface area contributed by atoms with Crippen molar-refractivity contribution in [2.75, 3.05) is 5.32 Å². The summed E-state index contributed by atoms with van der Waals surface area (Å²) in [5.74, 6) is -0.240. The monoisotopic (exact) mass is 452 g/mol. The smallest absolute Gasteiger partial charge is 0.313 e. The van der Waals surface area contributed by atoms with E-state index in [2.05, 4.69) is 5.32 Å². The number of hydrogen-bond acceptors (Lipinski definition) is 5. The quantitative estimate of drug-likeness (QED) is 0.257. The van der Waals surface area contributed by atoms with Gasteiger partial charge in [0.25, 0.3) is 0 Å². The van der Waals surface area contributed by atoms with Crippen molar-refractivity contribution in [1.82, 2.24) is 0 Å². The molecule has 0 saturated heterocycles. The molecule has 0 heterocycles. The molecule has 164 valence electrons. The molecule has 0 saturated carbocycles. The number of aromatic hydroxyl groups is 1. The first-order valence-corrected chi connectivity index (χ1v) is 10.1. The van der Waals surface area contributed by atoms with Gasteiger partial charge in [0, 0.05) is 24.2 Å². The molecule has 32 heavy (non-hydrogen) atoms. The Morgan fingerprint density at radius 1 is 1.19 bits per heavy atom. The van der Waals surface area contributed by atoms with Gasteiger partial charge in [-0.15, -0.1) is 0 Å². The molecular formula is C24H21ClN2O5. The van der Waals surface area contributed by atoms with E-state index in [1.54, 1.807) is 24.3 Å². The van der Waals surface area contributed by atoms with E-state index >= 15 is 0 Å². The molecule has 0 unspecified atom stereocenters. The van der Waals surface area contributed by atoms with Crippen molar-refractivity contribution in [3.63, 3.8) is 0 Å². The van der Waals surface area contributed by atoms with E-state index in [9.17, 15) is 20.0 Å². The van der Waals surface area contributed by atoms with Crippen molar-refractivity contribution in [3.05, 3.63) is 98.6 Å². The van der Waals surface area contributed by atoms with E-state index in [1.165, 1.54) is 13.0 Å². The average Bonchev–Trinajstić information content (AvgIpc) is 2.75. The van der Waals surface area contributed by atoms with Crippen molar-refractivity contribution in [2.45, 2.75) is 20.0 Å². The number of phenolic OH excluding ortho intramolecular Hbond substituents is 1. The first-order valence-electron chi connectivity index (χ1n) is 9.74. The van der Waals surface area contributed by atoms with Crippen LogP contribution in [0.5, 0.6) is 11.5 Å². The fourth-order valence-corrected chi connectivity index (χ4v) is 3.29. The van der Waals surface area contributed by atoms with Crippen LogP contribution in [0.1, 0.15) is 23.6 Å². The van der Waals surface area contributed by atoms with Crippen LogP contribution in [0.25, 0.3) is 6.08 Å².